The van der Waals surface area contributed by atoms with Crippen LogP contribution in [-0.4, -0.2) is 34.8 Å². The molecule has 110 valence electrons. The van der Waals surface area contributed by atoms with Crippen LogP contribution in [0.4, 0.5) is 5.13 Å². The van der Waals surface area contributed by atoms with Gasteiger partial charge < -0.3 is 10.2 Å². The van der Waals surface area contributed by atoms with Crippen molar-refractivity contribution in [2.75, 3.05) is 18.4 Å². The first-order valence-corrected chi connectivity index (χ1v) is 8.06. The van der Waals surface area contributed by atoms with E-state index in [1.807, 2.05) is 6.92 Å². The number of hydrogen-bond donors (Lipinski definition) is 1. The molecule has 0 saturated heterocycles. The Morgan fingerprint density at radius 3 is 2.75 bits per heavy atom. The molecule has 2 amide bonds. The number of nitrogens with one attached hydrogen (secondary N) is 1. The normalized spacial score (nSPS) is 15.8. The van der Waals surface area contributed by atoms with Crippen molar-refractivity contribution >= 4 is 28.3 Å². The van der Waals surface area contributed by atoms with Crippen molar-refractivity contribution in [2.45, 2.75) is 39.0 Å². The van der Waals surface area contributed by atoms with E-state index in [9.17, 15) is 9.59 Å². The molecule has 1 heterocycles. The maximum absolute atomic E-state index is 12.4. The van der Waals surface area contributed by atoms with Gasteiger partial charge in [-0.05, 0) is 19.8 Å². The van der Waals surface area contributed by atoms with Gasteiger partial charge in [-0.1, -0.05) is 19.3 Å². The molecule has 1 aliphatic carbocycles. The Balaban J connectivity index is 1.87. The van der Waals surface area contributed by atoms with E-state index in [2.05, 4.69) is 10.3 Å². The van der Waals surface area contributed by atoms with Crippen molar-refractivity contribution < 1.29 is 9.59 Å². The van der Waals surface area contributed by atoms with Crippen molar-refractivity contribution in [3.8, 4) is 0 Å². The van der Waals surface area contributed by atoms with Crippen LogP contribution in [0.5, 0.6) is 0 Å². The first-order chi connectivity index (χ1) is 9.70. The van der Waals surface area contributed by atoms with Crippen LogP contribution in [0, 0.1) is 5.92 Å². The highest BCUT2D eigenvalue weighted by Gasteiger charge is 2.26. The molecule has 6 heteroatoms. The predicted octanol–water partition coefficient (Wildman–Crippen LogP) is 2.51. The van der Waals surface area contributed by atoms with Crippen LogP contribution >= 0.6 is 11.3 Å². The topological polar surface area (TPSA) is 62.3 Å². The molecule has 1 aliphatic rings. The van der Waals surface area contributed by atoms with Crippen LogP contribution < -0.4 is 5.32 Å². The van der Waals surface area contributed by atoms with Crippen LogP contribution in [0.3, 0.4) is 0 Å². The van der Waals surface area contributed by atoms with Gasteiger partial charge in [0.15, 0.2) is 5.13 Å². The molecule has 0 unspecified atom stereocenters. The quantitative estimate of drug-likeness (QED) is 0.908. The van der Waals surface area contributed by atoms with Crippen molar-refractivity contribution in [3.63, 3.8) is 0 Å². The number of anilines is 1. The van der Waals surface area contributed by atoms with Gasteiger partial charge in [-0.15, -0.1) is 11.3 Å². The summed E-state index contributed by atoms with van der Waals surface area (Å²) in [5, 5.41) is 5.10. The zero-order valence-electron chi connectivity index (χ0n) is 11.8. The van der Waals surface area contributed by atoms with Gasteiger partial charge >= 0.3 is 0 Å². The van der Waals surface area contributed by atoms with Gasteiger partial charge in [-0.25, -0.2) is 4.98 Å². The lowest BCUT2D eigenvalue weighted by Gasteiger charge is -2.27. The fourth-order valence-electron chi connectivity index (χ4n) is 2.57. The zero-order valence-corrected chi connectivity index (χ0v) is 12.6. The summed E-state index contributed by atoms with van der Waals surface area (Å²) in [5.41, 5.74) is 0. The largest absolute Gasteiger partial charge is 0.333 e. The third kappa shape index (κ3) is 4.03. The first-order valence-electron chi connectivity index (χ1n) is 7.19. The number of hydrogen-bond acceptors (Lipinski definition) is 4. The number of thiazole rings is 1. The molecule has 0 radical (unpaired) electrons. The Morgan fingerprint density at radius 2 is 2.15 bits per heavy atom. The zero-order chi connectivity index (χ0) is 14.4. The van der Waals surface area contributed by atoms with E-state index >= 15 is 0 Å². The minimum Gasteiger partial charge on any atom is -0.333 e. The van der Waals surface area contributed by atoms with Crippen LogP contribution in [0.15, 0.2) is 11.6 Å². The van der Waals surface area contributed by atoms with Crippen LogP contribution in [0.1, 0.15) is 39.0 Å². The SMILES string of the molecule is CCN(CC(=O)Nc1nccs1)C(=O)C1CCCCC1. The van der Waals surface area contributed by atoms with Gasteiger partial charge in [0, 0.05) is 24.0 Å². The summed E-state index contributed by atoms with van der Waals surface area (Å²) in [6.07, 6.45) is 7.04. The minimum absolute atomic E-state index is 0.108. The number of rotatable bonds is 5. The Morgan fingerprint density at radius 1 is 1.40 bits per heavy atom. The third-order valence-electron chi connectivity index (χ3n) is 3.66. The molecule has 0 spiro atoms. The molecule has 0 bridgehead atoms. The summed E-state index contributed by atoms with van der Waals surface area (Å²) < 4.78 is 0. The smallest absolute Gasteiger partial charge is 0.245 e. The Bertz CT molecular complexity index is 441. The van der Waals surface area contributed by atoms with E-state index in [-0.39, 0.29) is 24.3 Å². The van der Waals surface area contributed by atoms with Gasteiger partial charge in [0.2, 0.25) is 11.8 Å². The molecule has 5 nitrogen and oxygen atoms in total. The van der Waals surface area contributed by atoms with E-state index in [0.29, 0.717) is 11.7 Å². The van der Waals surface area contributed by atoms with Crippen molar-refractivity contribution in [3.05, 3.63) is 11.6 Å². The van der Waals surface area contributed by atoms with E-state index in [1.54, 1.807) is 16.5 Å². The summed E-state index contributed by atoms with van der Waals surface area (Å²) in [6.45, 7) is 2.60. The fourth-order valence-corrected chi connectivity index (χ4v) is 3.12. The van der Waals surface area contributed by atoms with E-state index in [0.717, 1.165) is 25.7 Å². The van der Waals surface area contributed by atoms with Gasteiger partial charge in [-0.3, -0.25) is 9.59 Å². The summed E-state index contributed by atoms with van der Waals surface area (Å²) in [6, 6.07) is 0. The predicted molar refractivity (Wildman–Crippen MR) is 79.6 cm³/mol. The second-order valence-electron chi connectivity index (χ2n) is 5.07. The molecule has 0 aromatic carbocycles. The summed E-state index contributed by atoms with van der Waals surface area (Å²) in [4.78, 5) is 30.0. The number of aromatic nitrogens is 1. The Labute approximate surface area is 123 Å². The number of amides is 2. The lowest BCUT2D eigenvalue weighted by molar-refractivity contribution is -0.139. The average Bonchev–Trinajstić information content (AvgIpc) is 2.97. The number of likely N-dealkylation sites (N-methyl/N-ethyl adjacent to an activating group) is 1. The minimum atomic E-state index is -0.175. The number of carbonyl (C=O) groups excluding carboxylic acids is 2. The molecular formula is C14H21N3O2S. The van der Waals surface area contributed by atoms with E-state index in [4.69, 9.17) is 0 Å². The number of carbonyl (C=O) groups is 2. The highest BCUT2D eigenvalue weighted by atomic mass is 32.1. The number of nitrogens with zero attached hydrogens (tertiary/aromatic N) is 2. The van der Waals surface area contributed by atoms with Crippen molar-refractivity contribution in [1.82, 2.24) is 9.88 Å². The van der Waals surface area contributed by atoms with E-state index in [1.165, 1.54) is 17.8 Å². The Hall–Kier alpha value is -1.43. The summed E-state index contributed by atoms with van der Waals surface area (Å²) >= 11 is 1.38. The second kappa shape index (κ2) is 7.38. The van der Waals surface area contributed by atoms with Gasteiger partial charge in [0.05, 0.1) is 6.54 Å². The molecule has 1 N–H and O–H groups in total. The lowest BCUT2D eigenvalue weighted by Crippen LogP contribution is -2.41. The maximum Gasteiger partial charge on any atom is 0.245 e. The Kier molecular flexibility index (Phi) is 5.52. The standard InChI is InChI=1S/C14H21N3O2S/c1-2-17(13(19)11-6-4-3-5-7-11)10-12(18)16-14-15-8-9-20-14/h8-9,11H,2-7,10H2,1H3,(H,15,16,18). The van der Waals surface area contributed by atoms with Crippen LogP contribution in [0.25, 0.3) is 0 Å². The summed E-state index contributed by atoms with van der Waals surface area (Å²) in [7, 11) is 0. The average molecular weight is 295 g/mol. The molecule has 1 aromatic rings. The summed E-state index contributed by atoms with van der Waals surface area (Å²) in [5.74, 6) is 0.0591. The van der Waals surface area contributed by atoms with Crippen LogP contribution in [-0.2, 0) is 9.59 Å². The van der Waals surface area contributed by atoms with Crippen molar-refractivity contribution in [2.24, 2.45) is 5.92 Å². The molecule has 2 rings (SSSR count). The molecule has 1 fully saturated rings. The lowest BCUT2D eigenvalue weighted by atomic mass is 9.88. The second-order valence-corrected chi connectivity index (χ2v) is 5.97. The fraction of sp³-hybridized carbons (Fsp3) is 0.643. The first kappa shape index (κ1) is 15.0. The molecule has 1 saturated carbocycles. The van der Waals surface area contributed by atoms with Gasteiger partial charge in [-0.2, -0.15) is 0 Å². The highest BCUT2D eigenvalue weighted by Crippen LogP contribution is 2.25. The molecule has 0 atom stereocenters. The third-order valence-corrected chi connectivity index (χ3v) is 4.35. The molecular weight excluding hydrogens is 274 g/mol. The monoisotopic (exact) mass is 295 g/mol. The molecule has 20 heavy (non-hydrogen) atoms. The van der Waals surface area contributed by atoms with Gasteiger partial charge in [0.25, 0.3) is 0 Å². The van der Waals surface area contributed by atoms with Gasteiger partial charge in [0.1, 0.15) is 0 Å². The highest BCUT2D eigenvalue weighted by molar-refractivity contribution is 7.13. The molecule has 0 aliphatic heterocycles. The maximum atomic E-state index is 12.4. The van der Waals surface area contributed by atoms with Crippen LogP contribution in [0.2, 0.25) is 0 Å². The molecule has 1 aromatic heterocycles. The van der Waals surface area contributed by atoms with E-state index < -0.39 is 0 Å². The van der Waals surface area contributed by atoms with Crippen molar-refractivity contribution in [1.29, 1.82) is 0 Å².